The molecule has 0 unspecified atom stereocenters. The third-order valence-electron chi connectivity index (χ3n) is 5.29. The molecular formula is C27H25N3O4S. The number of rotatable bonds is 8. The van der Waals surface area contributed by atoms with Crippen LogP contribution in [0.15, 0.2) is 93.6 Å². The summed E-state index contributed by atoms with van der Waals surface area (Å²) in [6.07, 6.45) is 0. The minimum absolute atomic E-state index is 0.227. The molecule has 0 aliphatic heterocycles. The summed E-state index contributed by atoms with van der Waals surface area (Å²) < 4.78 is 11.9. The van der Waals surface area contributed by atoms with Gasteiger partial charge in [0.15, 0.2) is 11.5 Å². The van der Waals surface area contributed by atoms with Gasteiger partial charge in [-0.25, -0.2) is 0 Å². The SMILES string of the molecule is COc1ccc(CNC(=O)c2ccc(-n3nc(Sc4ccc(C)cc4)ccc3=O)cc2)cc1OC. The van der Waals surface area contributed by atoms with Crippen molar-refractivity contribution in [2.45, 2.75) is 23.4 Å². The summed E-state index contributed by atoms with van der Waals surface area (Å²) in [7, 11) is 3.14. The molecule has 35 heavy (non-hydrogen) atoms. The highest BCUT2D eigenvalue weighted by Gasteiger charge is 2.10. The van der Waals surface area contributed by atoms with Gasteiger partial charge in [0, 0.05) is 23.1 Å². The van der Waals surface area contributed by atoms with Crippen LogP contribution in [-0.2, 0) is 6.54 Å². The van der Waals surface area contributed by atoms with E-state index in [4.69, 9.17) is 9.47 Å². The van der Waals surface area contributed by atoms with E-state index >= 15 is 0 Å². The summed E-state index contributed by atoms with van der Waals surface area (Å²) in [6.45, 7) is 2.37. The lowest BCUT2D eigenvalue weighted by atomic mass is 10.1. The third kappa shape index (κ3) is 5.91. The Hall–Kier alpha value is -4.04. The quantitative estimate of drug-likeness (QED) is 0.390. The first kappa shape index (κ1) is 24.1. The van der Waals surface area contributed by atoms with Gasteiger partial charge in [-0.15, -0.1) is 0 Å². The van der Waals surface area contributed by atoms with Gasteiger partial charge in [0.05, 0.1) is 19.9 Å². The standard InChI is InChI=1S/C27H25N3O4S/c1-18-4-11-22(12-5-18)35-25-14-15-26(31)30(29-25)21-9-7-20(8-10-21)27(32)28-17-19-6-13-23(33-2)24(16-19)34-3/h4-16H,17H2,1-3H3,(H,28,32). The molecule has 8 heteroatoms. The molecule has 0 radical (unpaired) electrons. The number of benzene rings is 3. The Morgan fingerprint density at radius 1 is 0.914 bits per heavy atom. The summed E-state index contributed by atoms with van der Waals surface area (Å²) in [4.78, 5) is 26.1. The van der Waals surface area contributed by atoms with Gasteiger partial charge in [-0.2, -0.15) is 9.78 Å². The molecule has 0 atom stereocenters. The zero-order valence-electron chi connectivity index (χ0n) is 19.6. The number of hydrogen-bond acceptors (Lipinski definition) is 6. The van der Waals surface area contributed by atoms with Crippen molar-refractivity contribution in [3.8, 4) is 17.2 Å². The summed E-state index contributed by atoms with van der Waals surface area (Å²) >= 11 is 1.48. The second-order valence-electron chi connectivity index (χ2n) is 7.76. The predicted molar refractivity (Wildman–Crippen MR) is 136 cm³/mol. The van der Waals surface area contributed by atoms with E-state index in [-0.39, 0.29) is 11.5 Å². The lowest BCUT2D eigenvalue weighted by molar-refractivity contribution is 0.0951. The zero-order valence-corrected chi connectivity index (χ0v) is 20.5. The molecule has 3 aromatic carbocycles. The minimum atomic E-state index is -0.246. The Bertz CT molecular complexity index is 1380. The van der Waals surface area contributed by atoms with Crippen molar-refractivity contribution in [1.29, 1.82) is 0 Å². The number of carbonyl (C=O) groups is 1. The molecule has 1 amide bonds. The molecule has 178 valence electrons. The van der Waals surface area contributed by atoms with Crippen LogP contribution in [0.2, 0.25) is 0 Å². The maximum absolute atomic E-state index is 12.6. The van der Waals surface area contributed by atoms with Crippen molar-refractivity contribution < 1.29 is 14.3 Å². The fourth-order valence-electron chi connectivity index (χ4n) is 3.39. The smallest absolute Gasteiger partial charge is 0.271 e. The van der Waals surface area contributed by atoms with Crippen molar-refractivity contribution >= 4 is 17.7 Å². The largest absolute Gasteiger partial charge is 0.493 e. The summed E-state index contributed by atoms with van der Waals surface area (Å²) in [5, 5.41) is 8.08. The molecule has 0 bridgehead atoms. The first-order chi connectivity index (χ1) is 17.0. The molecule has 7 nitrogen and oxygen atoms in total. The van der Waals surface area contributed by atoms with Crippen molar-refractivity contribution in [3.63, 3.8) is 0 Å². The predicted octanol–water partition coefficient (Wildman–Crippen LogP) is 4.64. The van der Waals surface area contributed by atoms with Gasteiger partial charge in [-0.3, -0.25) is 9.59 Å². The number of carbonyl (C=O) groups excluding carboxylic acids is 1. The van der Waals surface area contributed by atoms with Crippen LogP contribution >= 0.6 is 11.8 Å². The fourth-order valence-corrected chi connectivity index (χ4v) is 4.16. The number of methoxy groups -OCH3 is 2. The van der Waals surface area contributed by atoms with E-state index in [1.54, 1.807) is 50.6 Å². The number of nitrogens with zero attached hydrogens (tertiary/aromatic N) is 2. The van der Waals surface area contributed by atoms with Crippen LogP contribution in [0.25, 0.3) is 5.69 Å². The van der Waals surface area contributed by atoms with Gasteiger partial charge in [0.1, 0.15) is 5.03 Å². The lowest BCUT2D eigenvalue weighted by Gasteiger charge is -2.11. The summed E-state index contributed by atoms with van der Waals surface area (Å²) in [5.74, 6) is 1.00. The van der Waals surface area contributed by atoms with Gasteiger partial charge < -0.3 is 14.8 Å². The number of ether oxygens (including phenoxy) is 2. The second kappa shape index (κ2) is 10.9. The molecule has 0 aliphatic rings. The van der Waals surface area contributed by atoms with Crippen LogP contribution in [0, 0.1) is 6.92 Å². The van der Waals surface area contributed by atoms with Gasteiger partial charge in [-0.1, -0.05) is 35.5 Å². The molecule has 1 aromatic heterocycles. The second-order valence-corrected chi connectivity index (χ2v) is 8.85. The Morgan fingerprint density at radius 3 is 2.31 bits per heavy atom. The number of hydrogen-bond donors (Lipinski definition) is 1. The molecular weight excluding hydrogens is 462 g/mol. The van der Waals surface area contributed by atoms with Gasteiger partial charge in [0.25, 0.3) is 11.5 Å². The summed E-state index contributed by atoms with van der Waals surface area (Å²) in [5.41, 5.74) is 2.88. The van der Waals surface area contributed by atoms with E-state index in [0.29, 0.717) is 34.3 Å². The maximum Gasteiger partial charge on any atom is 0.271 e. The van der Waals surface area contributed by atoms with Gasteiger partial charge in [-0.05, 0) is 67.1 Å². The Labute approximate surface area is 207 Å². The molecule has 0 saturated heterocycles. The number of amides is 1. The van der Waals surface area contributed by atoms with Crippen molar-refractivity contribution in [1.82, 2.24) is 15.1 Å². The van der Waals surface area contributed by atoms with Crippen LogP contribution in [0.5, 0.6) is 11.5 Å². The molecule has 0 aliphatic carbocycles. The first-order valence-corrected chi connectivity index (χ1v) is 11.7. The van der Waals surface area contributed by atoms with E-state index in [2.05, 4.69) is 10.4 Å². The van der Waals surface area contributed by atoms with E-state index in [1.165, 1.54) is 28.1 Å². The van der Waals surface area contributed by atoms with Crippen LogP contribution < -0.4 is 20.3 Å². The molecule has 4 aromatic rings. The average molecular weight is 488 g/mol. The minimum Gasteiger partial charge on any atom is -0.493 e. The van der Waals surface area contributed by atoms with E-state index < -0.39 is 0 Å². The van der Waals surface area contributed by atoms with Crippen LogP contribution in [0.1, 0.15) is 21.5 Å². The van der Waals surface area contributed by atoms with Crippen molar-refractivity contribution in [2.75, 3.05) is 14.2 Å². The molecule has 4 rings (SSSR count). The zero-order chi connectivity index (χ0) is 24.8. The van der Waals surface area contributed by atoms with Crippen LogP contribution in [0.4, 0.5) is 0 Å². The van der Waals surface area contributed by atoms with Crippen molar-refractivity contribution in [2.24, 2.45) is 0 Å². The average Bonchev–Trinajstić information content (AvgIpc) is 2.89. The topological polar surface area (TPSA) is 82.5 Å². The number of aryl methyl sites for hydroxylation is 1. The highest BCUT2D eigenvalue weighted by Crippen LogP contribution is 2.28. The molecule has 1 heterocycles. The fraction of sp³-hybridized carbons (Fsp3) is 0.148. The lowest BCUT2D eigenvalue weighted by Crippen LogP contribution is -2.23. The first-order valence-electron chi connectivity index (χ1n) is 10.9. The molecule has 0 spiro atoms. The van der Waals surface area contributed by atoms with E-state index in [9.17, 15) is 9.59 Å². The van der Waals surface area contributed by atoms with Gasteiger partial charge in [0.2, 0.25) is 0 Å². The molecule has 1 N–H and O–H groups in total. The van der Waals surface area contributed by atoms with Crippen LogP contribution in [-0.4, -0.2) is 29.9 Å². The van der Waals surface area contributed by atoms with Crippen molar-refractivity contribution in [3.05, 3.63) is 106 Å². The Morgan fingerprint density at radius 2 is 1.63 bits per heavy atom. The highest BCUT2D eigenvalue weighted by molar-refractivity contribution is 7.99. The summed E-state index contributed by atoms with van der Waals surface area (Å²) in [6, 6.07) is 23.6. The number of nitrogens with one attached hydrogen (secondary N) is 1. The monoisotopic (exact) mass is 487 g/mol. The molecule has 0 saturated carbocycles. The Kier molecular flexibility index (Phi) is 7.52. The highest BCUT2D eigenvalue weighted by atomic mass is 32.2. The van der Waals surface area contributed by atoms with E-state index in [0.717, 1.165) is 10.5 Å². The molecule has 0 fully saturated rings. The third-order valence-corrected chi connectivity index (χ3v) is 6.23. The van der Waals surface area contributed by atoms with E-state index in [1.807, 2.05) is 43.3 Å². The maximum atomic E-state index is 12.6. The van der Waals surface area contributed by atoms with Crippen LogP contribution in [0.3, 0.4) is 0 Å². The number of aromatic nitrogens is 2. The normalized spacial score (nSPS) is 10.6. The van der Waals surface area contributed by atoms with Gasteiger partial charge >= 0.3 is 0 Å². The Balaban J connectivity index is 1.45.